The van der Waals surface area contributed by atoms with Crippen LogP contribution in [0.15, 0.2) is 72.9 Å². The van der Waals surface area contributed by atoms with E-state index in [2.05, 4.69) is 50.0 Å². The molecule has 178 valence electrons. The van der Waals surface area contributed by atoms with E-state index in [0.29, 0.717) is 17.9 Å². The molecule has 7 nitrogen and oxygen atoms in total. The van der Waals surface area contributed by atoms with Crippen LogP contribution in [0.3, 0.4) is 0 Å². The van der Waals surface area contributed by atoms with Crippen LogP contribution in [-0.4, -0.2) is 69.3 Å². The van der Waals surface area contributed by atoms with Gasteiger partial charge in [-0.2, -0.15) is 0 Å². The molecule has 0 saturated carbocycles. The predicted octanol–water partition coefficient (Wildman–Crippen LogP) is 3.71. The average Bonchev–Trinajstić information content (AvgIpc) is 2.91. The molecule has 0 spiro atoms. The van der Waals surface area contributed by atoms with Gasteiger partial charge in [-0.15, -0.1) is 0 Å². The first kappa shape index (κ1) is 23.6. The van der Waals surface area contributed by atoms with Crippen LogP contribution < -0.4 is 14.5 Å². The molecule has 3 aromatic rings. The molecule has 34 heavy (non-hydrogen) atoms. The van der Waals surface area contributed by atoms with Crippen LogP contribution in [-0.2, 0) is 11.3 Å². The van der Waals surface area contributed by atoms with E-state index in [4.69, 9.17) is 9.47 Å². The lowest BCUT2D eigenvalue weighted by molar-refractivity contribution is 0.0597. The number of nitrogens with zero attached hydrogens (tertiary/aromatic N) is 4. The number of benzene rings is 2. The molecule has 0 amide bonds. The molecule has 4 rings (SSSR count). The molecule has 1 aliphatic heterocycles. The van der Waals surface area contributed by atoms with Gasteiger partial charge in [0.1, 0.15) is 11.3 Å². The second kappa shape index (κ2) is 11.5. The van der Waals surface area contributed by atoms with Crippen molar-refractivity contribution in [3.63, 3.8) is 0 Å². The van der Waals surface area contributed by atoms with Gasteiger partial charge >= 0.3 is 5.97 Å². The second-order valence-corrected chi connectivity index (χ2v) is 8.25. The molecule has 7 heteroatoms. The number of para-hydroxylation sites is 1. The molecule has 1 fully saturated rings. The predicted molar refractivity (Wildman–Crippen MR) is 135 cm³/mol. The number of anilines is 2. The fourth-order valence-electron chi connectivity index (χ4n) is 4.36. The maximum atomic E-state index is 12.7. The highest BCUT2D eigenvalue weighted by Crippen LogP contribution is 2.31. The summed E-state index contributed by atoms with van der Waals surface area (Å²) in [7, 11) is 2.97. The number of pyridine rings is 1. The third-order valence-corrected chi connectivity index (χ3v) is 6.21. The van der Waals surface area contributed by atoms with Gasteiger partial charge in [0.15, 0.2) is 0 Å². The van der Waals surface area contributed by atoms with Crippen LogP contribution in [0, 0.1) is 0 Å². The lowest BCUT2D eigenvalue weighted by atomic mass is 10.1. The zero-order valence-electron chi connectivity index (χ0n) is 19.9. The minimum Gasteiger partial charge on any atom is -0.496 e. The van der Waals surface area contributed by atoms with Crippen LogP contribution in [0.4, 0.5) is 11.4 Å². The molecule has 1 saturated heterocycles. The van der Waals surface area contributed by atoms with E-state index in [-0.39, 0.29) is 0 Å². The number of esters is 1. The van der Waals surface area contributed by atoms with Gasteiger partial charge in [-0.3, -0.25) is 9.88 Å². The molecule has 2 aromatic carbocycles. The van der Waals surface area contributed by atoms with Gasteiger partial charge in [-0.1, -0.05) is 30.3 Å². The first-order chi connectivity index (χ1) is 16.7. The van der Waals surface area contributed by atoms with Crippen molar-refractivity contribution in [3.05, 3.63) is 84.2 Å². The Hall–Kier alpha value is -3.58. The maximum absolute atomic E-state index is 12.7. The fraction of sp³-hybridized carbons (Fsp3) is 0.333. The Morgan fingerprint density at radius 3 is 2.38 bits per heavy atom. The normalized spacial score (nSPS) is 14.0. The Labute approximate surface area is 201 Å². The summed E-state index contributed by atoms with van der Waals surface area (Å²) in [5.41, 5.74) is 3.45. The third kappa shape index (κ3) is 5.66. The number of rotatable bonds is 9. The lowest BCUT2D eigenvalue weighted by Gasteiger charge is -2.37. The molecular formula is C27H32N4O3. The number of hydrogen-bond acceptors (Lipinski definition) is 7. The van der Waals surface area contributed by atoms with Crippen molar-refractivity contribution in [1.82, 2.24) is 9.88 Å². The van der Waals surface area contributed by atoms with Crippen LogP contribution in [0.25, 0.3) is 0 Å². The largest absolute Gasteiger partial charge is 0.496 e. The lowest BCUT2D eigenvalue weighted by Crippen LogP contribution is -2.48. The Morgan fingerprint density at radius 1 is 0.941 bits per heavy atom. The van der Waals surface area contributed by atoms with Gasteiger partial charge in [0, 0.05) is 51.2 Å². The van der Waals surface area contributed by atoms with Crippen molar-refractivity contribution < 1.29 is 14.3 Å². The zero-order chi connectivity index (χ0) is 23.8. The maximum Gasteiger partial charge on any atom is 0.343 e. The molecule has 1 aliphatic rings. The van der Waals surface area contributed by atoms with Crippen LogP contribution >= 0.6 is 0 Å². The summed E-state index contributed by atoms with van der Waals surface area (Å²) in [6.07, 6.45) is 1.79. The summed E-state index contributed by atoms with van der Waals surface area (Å²) in [6, 6.07) is 22.1. The number of ether oxygens (including phenoxy) is 2. The standard InChI is InChI=1S/C27H32N4O3/c1-33-25-13-8-12-24(26(25)27(32)34-2)31(21-22-9-6-7-14-28-22)20-17-29-15-18-30(19-16-29)23-10-4-3-5-11-23/h3-14H,15-21H2,1-2H3. The van der Waals surface area contributed by atoms with Crippen molar-refractivity contribution in [2.24, 2.45) is 0 Å². The Balaban J connectivity index is 1.50. The van der Waals surface area contributed by atoms with Gasteiger partial charge < -0.3 is 19.3 Å². The Morgan fingerprint density at radius 2 is 1.71 bits per heavy atom. The zero-order valence-corrected chi connectivity index (χ0v) is 19.9. The molecule has 0 N–H and O–H groups in total. The molecule has 1 aromatic heterocycles. The van der Waals surface area contributed by atoms with Gasteiger partial charge in [-0.05, 0) is 36.4 Å². The number of methoxy groups -OCH3 is 2. The quantitative estimate of drug-likeness (QED) is 0.451. The minimum atomic E-state index is -0.407. The summed E-state index contributed by atoms with van der Waals surface area (Å²) in [4.78, 5) is 24.3. The van der Waals surface area contributed by atoms with Crippen molar-refractivity contribution >= 4 is 17.3 Å². The van der Waals surface area contributed by atoms with Crippen LogP contribution in [0.1, 0.15) is 16.1 Å². The first-order valence-electron chi connectivity index (χ1n) is 11.6. The second-order valence-electron chi connectivity index (χ2n) is 8.25. The molecule has 0 bridgehead atoms. The summed E-state index contributed by atoms with van der Waals surface area (Å²) in [5.74, 6) is 0.0989. The molecule has 0 radical (unpaired) electrons. The molecule has 0 unspecified atom stereocenters. The highest BCUT2D eigenvalue weighted by Gasteiger charge is 2.24. The smallest absolute Gasteiger partial charge is 0.343 e. The van der Waals surface area contributed by atoms with Crippen LogP contribution in [0.5, 0.6) is 5.75 Å². The van der Waals surface area contributed by atoms with E-state index in [1.165, 1.54) is 12.8 Å². The molecule has 0 atom stereocenters. The first-order valence-corrected chi connectivity index (χ1v) is 11.6. The van der Waals surface area contributed by atoms with E-state index < -0.39 is 5.97 Å². The van der Waals surface area contributed by atoms with E-state index in [1.807, 2.05) is 30.3 Å². The summed E-state index contributed by atoms with van der Waals surface area (Å²) >= 11 is 0. The van der Waals surface area contributed by atoms with E-state index in [9.17, 15) is 4.79 Å². The number of piperazine rings is 1. The summed E-state index contributed by atoms with van der Waals surface area (Å²) < 4.78 is 10.6. The van der Waals surface area contributed by atoms with Crippen molar-refractivity contribution in [2.75, 3.05) is 63.3 Å². The number of carbonyl (C=O) groups excluding carboxylic acids is 1. The number of aromatic nitrogens is 1. The van der Waals surface area contributed by atoms with Crippen LogP contribution in [0.2, 0.25) is 0 Å². The van der Waals surface area contributed by atoms with Gasteiger partial charge in [0.25, 0.3) is 0 Å². The summed E-state index contributed by atoms with van der Waals surface area (Å²) in [5, 5.41) is 0. The molecular weight excluding hydrogens is 428 g/mol. The highest BCUT2D eigenvalue weighted by molar-refractivity contribution is 5.99. The Bertz CT molecular complexity index is 1050. The van der Waals surface area contributed by atoms with E-state index >= 15 is 0 Å². The van der Waals surface area contributed by atoms with Gasteiger partial charge in [0.05, 0.1) is 32.1 Å². The van der Waals surface area contributed by atoms with Gasteiger partial charge in [0.2, 0.25) is 0 Å². The van der Waals surface area contributed by atoms with Crippen molar-refractivity contribution in [3.8, 4) is 5.75 Å². The van der Waals surface area contributed by atoms with E-state index in [0.717, 1.165) is 50.6 Å². The summed E-state index contributed by atoms with van der Waals surface area (Å²) in [6.45, 7) is 6.20. The van der Waals surface area contributed by atoms with E-state index in [1.54, 1.807) is 19.4 Å². The molecule has 2 heterocycles. The van der Waals surface area contributed by atoms with Gasteiger partial charge in [-0.25, -0.2) is 4.79 Å². The Kier molecular flexibility index (Phi) is 7.99. The highest BCUT2D eigenvalue weighted by atomic mass is 16.5. The molecule has 0 aliphatic carbocycles. The topological polar surface area (TPSA) is 58.1 Å². The monoisotopic (exact) mass is 460 g/mol. The SMILES string of the molecule is COC(=O)c1c(OC)cccc1N(CCN1CCN(c2ccccc2)CC1)Cc1ccccn1. The average molecular weight is 461 g/mol. The fourth-order valence-corrected chi connectivity index (χ4v) is 4.36. The number of hydrogen-bond donors (Lipinski definition) is 0. The third-order valence-electron chi connectivity index (χ3n) is 6.21. The van der Waals surface area contributed by atoms with Crippen molar-refractivity contribution in [2.45, 2.75) is 6.54 Å². The minimum absolute atomic E-state index is 0.407. The number of carbonyl (C=O) groups is 1. The van der Waals surface area contributed by atoms with Crippen molar-refractivity contribution in [1.29, 1.82) is 0 Å².